The maximum Gasteiger partial charge on any atom is 0.253 e. The number of aromatic amines is 1. The highest BCUT2D eigenvalue weighted by Crippen LogP contribution is 2.65. The Bertz CT molecular complexity index is 1580. The van der Waals surface area contributed by atoms with E-state index in [9.17, 15) is 15.0 Å². The number of aromatic hydroxyl groups is 1. The number of carbonyl (C=O) groups is 1. The summed E-state index contributed by atoms with van der Waals surface area (Å²) in [5.41, 5.74) is 3.48. The fraction of sp³-hybridized carbons (Fsp3) is 0.559. The summed E-state index contributed by atoms with van der Waals surface area (Å²) in [4.78, 5) is 20.0. The van der Waals surface area contributed by atoms with E-state index in [1.54, 1.807) is 6.07 Å². The Balaban J connectivity index is 0.00000267. The van der Waals surface area contributed by atoms with E-state index >= 15 is 0 Å². The Morgan fingerprint density at radius 3 is 2.74 bits per heavy atom. The number of likely N-dealkylation sites (tertiary alicyclic amines) is 1. The van der Waals surface area contributed by atoms with Crippen molar-refractivity contribution in [1.29, 1.82) is 0 Å². The fourth-order valence-corrected chi connectivity index (χ4v) is 9.82. The summed E-state index contributed by atoms with van der Waals surface area (Å²) in [7, 11) is 0. The molecule has 2 aromatic carbocycles. The van der Waals surface area contributed by atoms with Crippen LogP contribution in [0.3, 0.4) is 0 Å². The van der Waals surface area contributed by atoms with Crippen molar-refractivity contribution in [3.8, 4) is 11.5 Å². The zero-order chi connectivity index (χ0) is 27.5. The number of nitrogens with zero attached hydrogens (tertiary/aromatic N) is 1. The van der Waals surface area contributed by atoms with E-state index in [2.05, 4.69) is 27.5 Å². The monoisotopic (exact) mass is 589 g/mol. The number of hydrogen-bond acceptors (Lipinski definition) is 5. The molecule has 6 aliphatic rings. The van der Waals surface area contributed by atoms with Crippen LogP contribution in [-0.4, -0.2) is 62.9 Å². The first-order valence-electron chi connectivity index (χ1n) is 15.9. The molecule has 3 heterocycles. The molecule has 2 aliphatic heterocycles. The number of rotatable bonds is 5. The first-order valence-corrected chi connectivity index (χ1v) is 15.9. The van der Waals surface area contributed by atoms with Gasteiger partial charge in [-0.3, -0.25) is 9.69 Å². The third kappa shape index (κ3) is 3.50. The van der Waals surface area contributed by atoms with Crippen LogP contribution >= 0.6 is 12.4 Å². The van der Waals surface area contributed by atoms with Crippen LogP contribution in [0.25, 0.3) is 10.9 Å². The zero-order valence-corrected chi connectivity index (χ0v) is 24.7. The molecule has 9 rings (SSSR count). The van der Waals surface area contributed by atoms with Gasteiger partial charge in [0.1, 0.15) is 6.10 Å². The van der Waals surface area contributed by atoms with Crippen molar-refractivity contribution in [3.05, 3.63) is 58.8 Å². The largest absolute Gasteiger partial charge is 0.504 e. The summed E-state index contributed by atoms with van der Waals surface area (Å²) in [6.45, 7) is 1.96. The molecule has 1 spiro atoms. The first kappa shape index (κ1) is 26.9. The average molecular weight is 590 g/mol. The summed E-state index contributed by atoms with van der Waals surface area (Å²) < 4.78 is 6.66. The van der Waals surface area contributed by atoms with Gasteiger partial charge in [-0.05, 0) is 93.0 Å². The Labute approximate surface area is 252 Å². The van der Waals surface area contributed by atoms with Gasteiger partial charge in [-0.15, -0.1) is 12.4 Å². The van der Waals surface area contributed by atoms with Crippen LogP contribution in [0.4, 0.5) is 0 Å². The van der Waals surface area contributed by atoms with Crippen LogP contribution in [0, 0.1) is 5.92 Å². The van der Waals surface area contributed by atoms with Gasteiger partial charge in [-0.1, -0.05) is 31.0 Å². The molecule has 2 bridgehead atoms. The number of carbonyl (C=O) groups excluding carboxylic acids is 1. The summed E-state index contributed by atoms with van der Waals surface area (Å²) in [5.74, 6) is 1.86. The Hall–Kier alpha value is -2.74. The van der Waals surface area contributed by atoms with Crippen LogP contribution in [0.2, 0.25) is 0 Å². The van der Waals surface area contributed by atoms with Crippen molar-refractivity contribution < 1.29 is 19.7 Å². The van der Waals surface area contributed by atoms with Crippen molar-refractivity contribution in [2.75, 3.05) is 13.1 Å². The number of benzene rings is 2. The van der Waals surface area contributed by atoms with Gasteiger partial charge in [-0.2, -0.15) is 0 Å². The quantitative estimate of drug-likeness (QED) is 0.323. The van der Waals surface area contributed by atoms with Gasteiger partial charge in [0.05, 0.1) is 28.1 Å². The molecule has 0 radical (unpaired) electrons. The highest BCUT2D eigenvalue weighted by Gasteiger charge is 2.73. The molecule has 1 amide bonds. The van der Waals surface area contributed by atoms with Crippen molar-refractivity contribution >= 4 is 29.2 Å². The molecule has 3 saturated carbocycles. The first-order chi connectivity index (χ1) is 20.0. The molecule has 222 valence electrons. The van der Waals surface area contributed by atoms with Gasteiger partial charge in [0.25, 0.3) is 5.91 Å². The number of ether oxygens (including phenoxy) is 1. The van der Waals surface area contributed by atoms with Gasteiger partial charge in [0.15, 0.2) is 11.5 Å². The third-order valence-electron chi connectivity index (χ3n) is 11.9. The van der Waals surface area contributed by atoms with E-state index in [0.717, 1.165) is 48.3 Å². The molecule has 4 N–H and O–H groups in total. The number of H-pyrrole nitrogens is 1. The Morgan fingerprint density at radius 2 is 1.93 bits per heavy atom. The minimum absolute atomic E-state index is 0. The lowest BCUT2D eigenvalue weighted by molar-refractivity contribution is -0.191. The van der Waals surface area contributed by atoms with Crippen LogP contribution in [0.5, 0.6) is 11.5 Å². The van der Waals surface area contributed by atoms with Crippen molar-refractivity contribution in [3.63, 3.8) is 0 Å². The predicted octanol–water partition coefficient (Wildman–Crippen LogP) is 5.32. The summed E-state index contributed by atoms with van der Waals surface area (Å²) >= 11 is 0. The molecular weight excluding hydrogens is 550 g/mol. The minimum atomic E-state index is -0.951. The Kier molecular flexibility index (Phi) is 6.00. The molecule has 3 aromatic rings. The maximum atomic E-state index is 14.0. The van der Waals surface area contributed by atoms with Crippen molar-refractivity contribution in [2.24, 2.45) is 5.92 Å². The maximum absolute atomic E-state index is 14.0. The molecule has 0 unspecified atom stereocenters. The number of para-hydroxylation sites is 1. The lowest BCUT2D eigenvalue weighted by Gasteiger charge is -2.64. The molecule has 1 aromatic heterocycles. The normalized spacial score (nSPS) is 33.2. The van der Waals surface area contributed by atoms with Gasteiger partial charge in [-0.25, -0.2) is 0 Å². The van der Waals surface area contributed by atoms with Crippen molar-refractivity contribution in [1.82, 2.24) is 15.2 Å². The predicted molar refractivity (Wildman–Crippen MR) is 163 cm³/mol. The summed E-state index contributed by atoms with van der Waals surface area (Å²) in [5, 5.41) is 28.1. The molecule has 4 fully saturated rings. The molecule has 42 heavy (non-hydrogen) atoms. The highest BCUT2D eigenvalue weighted by atomic mass is 35.5. The number of phenols is 1. The number of nitrogens with one attached hydrogen (secondary N) is 2. The molecule has 8 heteroatoms. The second kappa shape index (κ2) is 9.38. The number of halogens is 1. The van der Waals surface area contributed by atoms with Gasteiger partial charge in [0, 0.05) is 29.7 Å². The van der Waals surface area contributed by atoms with Crippen LogP contribution < -0.4 is 10.1 Å². The number of aromatic nitrogens is 1. The number of hydrogen-bond donors (Lipinski definition) is 4. The van der Waals surface area contributed by atoms with Crippen molar-refractivity contribution in [2.45, 2.75) is 99.3 Å². The average Bonchev–Trinajstić information content (AvgIpc) is 3.33. The number of amides is 1. The van der Waals surface area contributed by atoms with E-state index in [-0.39, 0.29) is 36.1 Å². The lowest BCUT2D eigenvalue weighted by Crippen LogP contribution is -2.78. The number of piperidine rings is 1. The smallest absolute Gasteiger partial charge is 0.253 e. The van der Waals surface area contributed by atoms with Crippen LogP contribution in [0.1, 0.15) is 90.8 Å². The zero-order valence-electron chi connectivity index (χ0n) is 23.9. The fourth-order valence-electron chi connectivity index (χ4n) is 9.82. The standard InChI is InChI=1S/C34H39N3O4.ClH/c38-26-11-10-21-16-27-34(40)13-12-25(31-33(34,28(21)30(26)41-31)14-15-37(27)18-19-8-9-19)36-32(39)23-7-3-6-22-24(17-35-29(22)23)20-4-1-2-5-20;/h3,6-7,10-11,17,19-20,25,27,31,35,38,40H,1-2,4-5,8-9,12-16,18H2,(H,36,39);1H/t25-,27+,31-,33-,34+;/m0./s1. The topological polar surface area (TPSA) is 97.8 Å². The molecule has 1 saturated heterocycles. The van der Waals surface area contributed by atoms with E-state index in [0.29, 0.717) is 30.1 Å². The summed E-state index contributed by atoms with van der Waals surface area (Å²) in [6.07, 6.45) is 12.0. The summed E-state index contributed by atoms with van der Waals surface area (Å²) in [6, 6.07) is 9.58. The van der Waals surface area contributed by atoms with E-state index < -0.39 is 17.1 Å². The van der Waals surface area contributed by atoms with E-state index in [4.69, 9.17) is 4.74 Å². The van der Waals surface area contributed by atoms with E-state index in [1.807, 2.05) is 18.2 Å². The molecule has 7 nitrogen and oxygen atoms in total. The Morgan fingerprint density at radius 1 is 1.10 bits per heavy atom. The molecule has 5 atom stereocenters. The molecular formula is C34H40ClN3O4. The lowest BCUT2D eigenvalue weighted by atomic mass is 9.48. The number of aliphatic hydroxyl groups is 1. The second-order valence-electron chi connectivity index (χ2n) is 13.9. The third-order valence-corrected chi connectivity index (χ3v) is 11.9. The van der Waals surface area contributed by atoms with Gasteiger partial charge >= 0.3 is 0 Å². The second-order valence-corrected chi connectivity index (χ2v) is 13.9. The van der Waals surface area contributed by atoms with Crippen LogP contribution in [-0.2, 0) is 11.8 Å². The highest BCUT2D eigenvalue weighted by molar-refractivity contribution is 6.06. The minimum Gasteiger partial charge on any atom is -0.504 e. The number of fused-ring (bicyclic) bond motifs is 1. The SMILES string of the molecule is Cl.O=C(N[C@H]1CC[C@@]2(O)[C@H]3Cc4ccc(O)c5c4[C@@]2(CCN3CC2CC2)[C@H]1O5)c1cccc2c(C3CCCC3)c[nH]c12. The van der Waals surface area contributed by atoms with Gasteiger partial charge < -0.3 is 25.3 Å². The van der Waals surface area contributed by atoms with Crippen LogP contribution in [0.15, 0.2) is 36.5 Å². The molecule has 4 aliphatic carbocycles. The number of phenolic OH excluding ortho intramolecular Hbond substituents is 1. The van der Waals surface area contributed by atoms with E-state index in [1.165, 1.54) is 49.7 Å². The van der Waals surface area contributed by atoms with Gasteiger partial charge in [0.2, 0.25) is 0 Å².